The van der Waals surface area contributed by atoms with E-state index >= 15 is 0 Å². The number of nitrogens with one attached hydrogen (secondary N) is 1. The third-order valence-electron chi connectivity index (χ3n) is 2.55. The van der Waals surface area contributed by atoms with Crippen LogP contribution in [0.1, 0.15) is 37.6 Å². The van der Waals surface area contributed by atoms with E-state index in [0.717, 1.165) is 0 Å². The Morgan fingerprint density at radius 3 is 2.36 bits per heavy atom. The third kappa shape index (κ3) is 5.73. The first-order valence-corrected chi connectivity index (χ1v) is 6.98. The molecule has 0 bridgehead atoms. The Balaban J connectivity index is 2.77. The van der Waals surface area contributed by atoms with Crippen LogP contribution < -0.4 is 5.32 Å². The van der Waals surface area contributed by atoms with E-state index in [1.54, 1.807) is 32.9 Å². The lowest BCUT2D eigenvalue weighted by Gasteiger charge is -2.21. The molecule has 0 saturated carbocycles. The van der Waals surface area contributed by atoms with Crippen molar-refractivity contribution >= 4 is 29.4 Å². The van der Waals surface area contributed by atoms with Crippen molar-refractivity contribution in [2.45, 2.75) is 38.8 Å². The Morgan fingerprint density at radius 1 is 1.27 bits per heavy atom. The van der Waals surface area contributed by atoms with Gasteiger partial charge in [0.05, 0.1) is 5.02 Å². The summed E-state index contributed by atoms with van der Waals surface area (Å²) < 4.78 is 4.98. The molecule has 0 fully saturated rings. The molecule has 0 heterocycles. The average Bonchev–Trinajstić information content (AvgIpc) is 2.35. The highest BCUT2D eigenvalue weighted by Crippen LogP contribution is 2.17. The average molecular weight is 328 g/mol. The Bertz CT molecular complexity index is 580. The quantitative estimate of drug-likeness (QED) is 0.811. The molecule has 0 saturated heterocycles. The second-order valence-corrected chi connectivity index (χ2v) is 6.05. The highest BCUT2D eigenvalue weighted by atomic mass is 35.5. The van der Waals surface area contributed by atoms with E-state index in [2.05, 4.69) is 5.32 Å². The van der Waals surface area contributed by atoms with E-state index in [4.69, 9.17) is 21.4 Å². The molecule has 120 valence electrons. The first-order valence-electron chi connectivity index (χ1n) is 6.60. The molecule has 2 N–H and O–H groups in total. The molecule has 6 nitrogen and oxygen atoms in total. The number of alkyl carbamates (subject to hydrolysis) is 1. The third-order valence-corrected chi connectivity index (χ3v) is 2.88. The molecule has 1 aromatic carbocycles. The van der Waals surface area contributed by atoms with Gasteiger partial charge in [-0.1, -0.05) is 23.7 Å². The normalized spacial score (nSPS) is 12.4. The zero-order valence-corrected chi connectivity index (χ0v) is 13.3. The molecule has 22 heavy (non-hydrogen) atoms. The van der Waals surface area contributed by atoms with Crippen molar-refractivity contribution in [2.24, 2.45) is 0 Å². The number of amides is 1. The predicted octanol–water partition coefficient (Wildman–Crippen LogP) is 2.89. The smallest absolute Gasteiger partial charge is 0.408 e. The van der Waals surface area contributed by atoms with Crippen LogP contribution in [0, 0.1) is 0 Å². The lowest BCUT2D eigenvalue weighted by atomic mass is 10.0. The number of hydrogen-bond acceptors (Lipinski definition) is 4. The minimum Gasteiger partial charge on any atom is -0.480 e. The van der Waals surface area contributed by atoms with Gasteiger partial charge in [-0.15, -0.1) is 0 Å². The summed E-state index contributed by atoms with van der Waals surface area (Å²) in [6, 6.07) is 4.92. The SMILES string of the molecule is CC(C)(C)OC(=O)NC(CC(=O)c1ccccc1Cl)C(=O)O. The van der Waals surface area contributed by atoms with E-state index in [0.29, 0.717) is 0 Å². The van der Waals surface area contributed by atoms with Crippen LogP contribution >= 0.6 is 11.6 Å². The predicted molar refractivity (Wildman–Crippen MR) is 81.2 cm³/mol. The Morgan fingerprint density at radius 2 is 1.86 bits per heavy atom. The van der Waals surface area contributed by atoms with Gasteiger partial charge in [0.25, 0.3) is 0 Å². The van der Waals surface area contributed by atoms with Crippen LogP contribution in [0.4, 0.5) is 4.79 Å². The zero-order valence-electron chi connectivity index (χ0n) is 12.6. The highest BCUT2D eigenvalue weighted by Gasteiger charge is 2.27. The van der Waals surface area contributed by atoms with Gasteiger partial charge in [-0.2, -0.15) is 0 Å². The molecule has 0 aliphatic carbocycles. The summed E-state index contributed by atoms with van der Waals surface area (Å²) in [5, 5.41) is 11.5. The number of Topliss-reactive ketones (excluding diaryl/α,β-unsaturated/α-hetero) is 1. The van der Waals surface area contributed by atoms with Crippen LogP contribution in [0.25, 0.3) is 0 Å². The first kappa shape index (κ1) is 18.0. The molecule has 0 spiro atoms. The van der Waals surface area contributed by atoms with Gasteiger partial charge in [0.1, 0.15) is 11.6 Å². The number of carbonyl (C=O) groups excluding carboxylic acids is 2. The summed E-state index contributed by atoms with van der Waals surface area (Å²) >= 11 is 5.89. The Kier molecular flexibility index (Phi) is 5.93. The van der Waals surface area contributed by atoms with Gasteiger partial charge in [-0.05, 0) is 32.9 Å². The van der Waals surface area contributed by atoms with Crippen molar-refractivity contribution < 1.29 is 24.2 Å². The van der Waals surface area contributed by atoms with Crippen LogP contribution in [0.15, 0.2) is 24.3 Å². The Hall–Kier alpha value is -2.08. The summed E-state index contributed by atoms with van der Waals surface area (Å²) in [7, 11) is 0. The van der Waals surface area contributed by atoms with Crippen molar-refractivity contribution in [1.82, 2.24) is 5.32 Å². The summed E-state index contributed by atoms with van der Waals surface area (Å²) in [5.74, 6) is -1.81. The van der Waals surface area contributed by atoms with Crippen LogP contribution in [-0.2, 0) is 9.53 Å². The Labute approximate surface area is 133 Å². The molecule has 1 unspecified atom stereocenters. The van der Waals surface area contributed by atoms with Crippen molar-refractivity contribution in [2.75, 3.05) is 0 Å². The fraction of sp³-hybridized carbons (Fsp3) is 0.400. The molecule has 1 rings (SSSR count). The topological polar surface area (TPSA) is 92.7 Å². The molecule has 0 aliphatic heterocycles. The molecule has 0 radical (unpaired) electrons. The van der Waals surface area contributed by atoms with E-state index in [1.165, 1.54) is 12.1 Å². The standard InChI is InChI=1S/C15H18ClNO5/c1-15(2,3)22-14(21)17-11(13(19)20)8-12(18)9-6-4-5-7-10(9)16/h4-7,11H,8H2,1-3H3,(H,17,21)(H,19,20). The number of benzene rings is 1. The molecular formula is C15H18ClNO5. The van der Waals surface area contributed by atoms with Crippen LogP contribution in [0.5, 0.6) is 0 Å². The maximum Gasteiger partial charge on any atom is 0.408 e. The molecular weight excluding hydrogens is 310 g/mol. The van der Waals surface area contributed by atoms with E-state index in [1.807, 2.05) is 0 Å². The number of ketones is 1. The maximum absolute atomic E-state index is 12.1. The summed E-state index contributed by atoms with van der Waals surface area (Å²) in [5.41, 5.74) is -0.554. The summed E-state index contributed by atoms with van der Waals surface area (Å²) in [6.45, 7) is 4.95. The fourth-order valence-electron chi connectivity index (χ4n) is 1.63. The lowest BCUT2D eigenvalue weighted by Crippen LogP contribution is -2.44. The number of carboxylic acid groups (broad SMARTS) is 1. The minimum absolute atomic E-state index is 0.210. The van der Waals surface area contributed by atoms with Crippen molar-refractivity contribution in [1.29, 1.82) is 0 Å². The van der Waals surface area contributed by atoms with Gasteiger partial charge >= 0.3 is 12.1 Å². The maximum atomic E-state index is 12.1. The number of hydrogen-bond donors (Lipinski definition) is 2. The molecule has 1 atom stereocenters. The molecule has 1 amide bonds. The van der Waals surface area contributed by atoms with Gasteiger partial charge in [0, 0.05) is 12.0 Å². The van der Waals surface area contributed by atoms with Crippen molar-refractivity contribution in [3.63, 3.8) is 0 Å². The second kappa shape index (κ2) is 7.26. The van der Waals surface area contributed by atoms with Gasteiger partial charge < -0.3 is 15.2 Å². The van der Waals surface area contributed by atoms with Gasteiger partial charge in [0.2, 0.25) is 0 Å². The summed E-state index contributed by atoms with van der Waals surface area (Å²) in [6.07, 6.45) is -1.31. The lowest BCUT2D eigenvalue weighted by molar-refractivity contribution is -0.139. The number of carbonyl (C=O) groups is 3. The number of halogens is 1. The van der Waals surface area contributed by atoms with Crippen LogP contribution in [-0.4, -0.2) is 34.6 Å². The van der Waals surface area contributed by atoms with Crippen LogP contribution in [0.2, 0.25) is 5.02 Å². The second-order valence-electron chi connectivity index (χ2n) is 5.64. The van der Waals surface area contributed by atoms with E-state index in [9.17, 15) is 14.4 Å². The van der Waals surface area contributed by atoms with Gasteiger partial charge in [-0.3, -0.25) is 4.79 Å². The monoisotopic (exact) mass is 327 g/mol. The molecule has 0 aromatic heterocycles. The minimum atomic E-state index is -1.39. The number of ether oxygens (including phenoxy) is 1. The summed E-state index contributed by atoms with van der Waals surface area (Å²) in [4.78, 5) is 34.9. The van der Waals surface area contributed by atoms with E-state index < -0.39 is 35.9 Å². The van der Waals surface area contributed by atoms with Gasteiger partial charge in [-0.25, -0.2) is 9.59 Å². The van der Waals surface area contributed by atoms with Crippen molar-refractivity contribution in [3.8, 4) is 0 Å². The van der Waals surface area contributed by atoms with E-state index in [-0.39, 0.29) is 10.6 Å². The molecule has 7 heteroatoms. The van der Waals surface area contributed by atoms with Crippen molar-refractivity contribution in [3.05, 3.63) is 34.9 Å². The number of aliphatic carboxylic acids is 1. The first-order chi connectivity index (χ1) is 10.1. The molecule has 1 aromatic rings. The van der Waals surface area contributed by atoms with Crippen LogP contribution in [0.3, 0.4) is 0 Å². The van der Waals surface area contributed by atoms with Gasteiger partial charge in [0.15, 0.2) is 5.78 Å². The fourth-order valence-corrected chi connectivity index (χ4v) is 1.87. The number of rotatable bonds is 5. The molecule has 0 aliphatic rings. The largest absolute Gasteiger partial charge is 0.480 e. The zero-order chi connectivity index (χ0) is 16.9. The highest BCUT2D eigenvalue weighted by molar-refractivity contribution is 6.34. The number of carboxylic acids is 1.